The van der Waals surface area contributed by atoms with E-state index in [0.29, 0.717) is 0 Å². The molecule has 0 saturated carbocycles. The number of hydrogen-bond donors (Lipinski definition) is 0. The first-order valence-corrected chi connectivity index (χ1v) is 20.5. The first-order valence-electron chi connectivity index (χ1n) is 20.5. The fraction of sp³-hybridized carbons (Fsp3) is 0. The largest absolute Gasteiger partial charge is 0.463 e. The van der Waals surface area contributed by atoms with Crippen molar-refractivity contribution in [3.63, 3.8) is 0 Å². The maximum absolute atomic E-state index is 6.72. The van der Waals surface area contributed by atoms with Crippen molar-refractivity contribution in [2.45, 2.75) is 0 Å². The second-order valence-electron chi connectivity index (χ2n) is 15.6. The highest BCUT2D eigenvalue weighted by atomic mass is 16.3. The number of fused-ring (bicyclic) bond motifs is 7. The third kappa shape index (κ3) is 5.57. The predicted octanol–water partition coefficient (Wildman–Crippen LogP) is 16.6. The van der Waals surface area contributed by atoms with Gasteiger partial charge in [0, 0.05) is 32.7 Å². The van der Waals surface area contributed by atoms with E-state index in [0.717, 1.165) is 77.2 Å². The molecular formula is C58H36O2. The predicted molar refractivity (Wildman–Crippen MR) is 251 cm³/mol. The summed E-state index contributed by atoms with van der Waals surface area (Å²) in [6.45, 7) is 0. The second kappa shape index (κ2) is 13.9. The number of benzene rings is 10. The Labute approximate surface area is 347 Å². The molecule has 60 heavy (non-hydrogen) atoms. The summed E-state index contributed by atoms with van der Waals surface area (Å²) < 4.78 is 13.4. The van der Waals surface area contributed by atoms with Crippen LogP contribution in [0.3, 0.4) is 0 Å². The second-order valence-corrected chi connectivity index (χ2v) is 15.6. The molecule has 12 rings (SSSR count). The van der Waals surface area contributed by atoms with Crippen LogP contribution < -0.4 is 0 Å². The summed E-state index contributed by atoms with van der Waals surface area (Å²) >= 11 is 0. The Morgan fingerprint density at radius 3 is 1.25 bits per heavy atom. The third-order valence-electron chi connectivity index (χ3n) is 12.2. The average Bonchev–Trinajstić information content (AvgIpc) is 3.96. The third-order valence-corrected chi connectivity index (χ3v) is 12.2. The van der Waals surface area contributed by atoms with Crippen LogP contribution in [-0.4, -0.2) is 0 Å². The van der Waals surface area contributed by atoms with E-state index < -0.39 is 0 Å². The molecule has 0 fully saturated rings. The highest BCUT2D eigenvalue weighted by Crippen LogP contribution is 2.49. The monoisotopic (exact) mass is 764 g/mol. The summed E-state index contributed by atoms with van der Waals surface area (Å²) in [5.74, 6) is 0. The van der Waals surface area contributed by atoms with Gasteiger partial charge in [0.25, 0.3) is 0 Å². The van der Waals surface area contributed by atoms with Gasteiger partial charge in [-0.1, -0.05) is 188 Å². The summed E-state index contributed by atoms with van der Waals surface area (Å²) in [5.41, 5.74) is 15.2. The van der Waals surface area contributed by atoms with Gasteiger partial charge in [-0.25, -0.2) is 0 Å². The molecule has 0 N–H and O–H groups in total. The lowest BCUT2D eigenvalue weighted by Crippen LogP contribution is -1.90. The van der Waals surface area contributed by atoms with Crippen LogP contribution in [0.5, 0.6) is 0 Å². The van der Waals surface area contributed by atoms with Crippen molar-refractivity contribution in [3.05, 3.63) is 219 Å². The van der Waals surface area contributed by atoms with E-state index >= 15 is 0 Å². The molecule has 280 valence electrons. The van der Waals surface area contributed by atoms with Gasteiger partial charge in [0.2, 0.25) is 0 Å². The molecule has 2 aromatic heterocycles. The van der Waals surface area contributed by atoms with Crippen molar-refractivity contribution in [2.24, 2.45) is 0 Å². The van der Waals surface area contributed by atoms with E-state index in [1.807, 2.05) is 12.5 Å². The van der Waals surface area contributed by atoms with Crippen molar-refractivity contribution < 1.29 is 8.83 Å². The van der Waals surface area contributed by atoms with Crippen LogP contribution in [0.25, 0.3) is 121 Å². The maximum Gasteiger partial charge on any atom is 0.143 e. The van der Waals surface area contributed by atoms with E-state index in [9.17, 15) is 0 Å². The molecule has 0 aliphatic rings. The van der Waals surface area contributed by atoms with Gasteiger partial charge in [0.05, 0.1) is 12.5 Å². The minimum atomic E-state index is 0.841. The van der Waals surface area contributed by atoms with E-state index in [4.69, 9.17) is 8.83 Å². The molecule has 0 atom stereocenters. The van der Waals surface area contributed by atoms with Crippen LogP contribution in [0.4, 0.5) is 0 Å². The topological polar surface area (TPSA) is 26.3 Å². The van der Waals surface area contributed by atoms with Crippen LogP contribution in [0.2, 0.25) is 0 Å². The van der Waals surface area contributed by atoms with Gasteiger partial charge in [-0.15, -0.1) is 0 Å². The minimum absolute atomic E-state index is 0.841. The van der Waals surface area contributed by atoms with Crippen molar-refractivity contribution in [2.75, 3.05) is 0 Å². The first-order chi connectivity index (χ1) is 29.7. The Morgan fingerprint density at radius 1 is 0.233 bits per heavy atom. The molecule has 10 aromatic carbocycles. The van der Waals surface area contributed by atoms with Crippen LogP contribution in [0.15, 0.2) is 228 Å². The molecule has 2 heterocycles. The molecule has 0 saturated heterocycles. The summed E-state index contributed by atoms with van der Waals surface area (Å²) in [7, 11) is 0. The van der Waals surface area contributed by atoms with Crippen LogP contribution in [-0.2, 0) is 0 Å². The fourth-order valence-corrected chi connectivity index (χ4v) is 9.24. The molecule has 0 amide bonds. The van der Waals surface area contributed by atoms with Gasteiger partial charge < -0.3 is 8.83 Å². The Morgan fingerprint density at radius 2 is 0.667 bits per heavy atom. The molecule has 2 nitrogen and oxygen atoms in total. The quantitative estimate of drug-likeness (QED) is 0.169. The molecule has 0 aliphatic heterocycles. The molecule has 0 bridgehead atoms. The maximum atomic E-state index is 6.72. The zero-order chi connectivity index (χ0) is 39.6. The van der Waals surface area contributed by atoms with E-state index in [1.165, 1.54) is 43.8 Å². The van der Waals surface area contributed by atoms with E-state index in [1.54, 1.807) is 0 Å². The average molecular weight is 765 g/mol. The highest BCUT2D eigenvalue weighted by Gasteiger charge is 2.24. The standard InChI is InChI=1S/C58H36O2/c1-3-13-40(14-4-1)53-35-60-58-51(53)33-49(43-25-22-38(23-26-43)46-31-24-37-12-7-8-18-45(37)32-46)55-56(58)50(34-52-54(36-59-57(52)55)41-15-5-2-6-16-41)44-29-27-42(28-30-44)48-21-11-19-39-17-9-10-20-47(39)48/h1-36H. The number of furan rings is 2. The van der Waals surface area contributed by atoms with Gasteiger partial charge in [-0.3, -0.25) is 0 Å². The van der Waals surface area contributed by atoms with Crippen molar-refractivity contribution in [3.8, 4) is 66.8 Å². The Bertz CT molecular complexity index is 3550. The number of rotatable bonds is 6. The van der Waals surface area contributed by atoms with Gasteiger partial charge in [-0.05, 0) is 95.4 Å². The lowest BCUT2D eigenvalue weighted by molar-refractivity contribution is 0.617. The molecule has 12 aromatic rings. The summed E-state index contributed by atoms with van der Waals surface area (Å²) in [6.07, 6.45) is 3.84. The summed E-state index contributed by atoms with van der Waals surface area (Å²) in [6, 6.07) is 74.1. The zero-order valence-corrected chi connectivity index (χ0v) is 32.6. The van der Waals surface area contributed by atoms with Crippen LogP contribution >= 0.6 is 0 Å². The van der Waals surface area contributed by atoms with Crippen molar-refractivity contribution in [1.29, 1.82) is 0 Å². The van der Waals surface area contributed by atoms with Crippen LogP contribution in [0, 0.1) is 0 Å². The van der Waals surface area contributed by atoms with Gasteiger partial charge in [-0.2, -0.15) is 0 Å². The van der Waals surface area contributed by atoms with Gasteiger partial charge >= 0.3 is 0 Å². The molecule has 2 heteroatoms. The summed E-state index contributed by atoms with van der Waals surface area (Å²) in [4.78, 5) is 0. The number of hydrogen-bond acceptors (Lipinski definition) is 2. The van der Waals surface area contributed by atoms with E-state index in [2.05, 4.69) is 206 Å². The molecule has 0 unspecified atom stereocenters. The molecule has 0 spiro atoms. The highest BCUT2D eigenvalue weighted by molar-refractivity contribution is 6.28. The van der Waals surface area contributed by atoms with Gasteiger partial charge in [0.15, 0.2) is 0 Å². The van der Waals surface area contributed by atoms with Crippen molar-refractivity contribution in [1.82, 2.24) is 0 Å². The van der Waals surface area contributed by atoms with E-state index in [-0.39, 0.29) is 0 Å². The molecule has 0 aliphatic carbocycles. The molecule has 0 radical (unpaired) electrons. The van der Waals surface area contributed by atoms with Crippen molar-refractivity contribution >= 4 is 54.3 Å². The fourth-order valence-electron chi connectivity index (χ4n) is 9.24. The lowest BCUT2D eigenvalue weighted by Gasteiger charge is -2.15. The minimum Gasteiger partial charge on any atom is -0.463 e. The summed E-state index contributed by atoms with van der Waals surface area (Å²) in [5, 5.41) is 9.13. The molecular weight excluding hydrogens is 729 g/mol. The Hall–Kier alpha value is -7.94. The van der Waals surface area contributed by atoms with Crippen LogP contribution in [0.1, 0.15) is 0 Å². The zero-order valence-electron chi connectivity index (χ0n) is 32.6. The smallest absolute Gasteiger partial charge is 0.143 e. The Balaban J connectivity index is 1.13. The first kappa shape index (κ1) is 34.1. The normalized spacial score (nSPS) is 11.7. The lowest BCUT2D eigenvalue weighted by atomic mass is 9.87. The van der Waals surface area contributed by atoms with Gasteiger partial charge in [0.1, 0.15) is 11.2 Å². The Kier molecular flexibility index (Phi) is 7.89. The SMILES string of the molecule is c1ccc(-c2coc3c2cc(-c2ccc(-c4cccc5ccccc45)cc2)c2c4occ(-c5ccccc5)c4cc(-c4ccc(-c5ccc6ccccc6c5)cc4)c32)cc1.